The van der Waals surface area contributed by atoms with Gasteiger partial charge in [0.1, 0.15) is 0 Å². The molecule has 140 valence electrons. The third-order valence-corrected chi connectivity index (χ3v) is 5.66. The Balaban J connectivity index is 0.00000243. The molecule has 1 unspecified atom stereocenters. The van der Waals surface area contributed by atoms with Crippen molar-refractivity contribution in [2.45, 2.75) is 24.8 Å². The number of aliphatic imine (C=N–C) groups is 1. The smallest absolute Gasteiger partial charge is 0.194 e. The number of hydrogen-bond acceptors (Lipinski definition) is 2. The lowest BCUT2D eigenvalue weighted by atomic mass is 10.0. The first kappa shape index (κ1) is 20.9. The van der Waals surface area contributed by atoms with Gasteiger partial charge in [-0.05, 0) is 36.6 Å². The molecule has 1 heterocycles. The van der Waals surface area contributed by atoms with Crippen LogP contribution in [0.2, 0.25) is 0 Å². The molecule has 6 heteroatoms. The second-order valence-electron chi connectivity index (χ2n) is 6.04. The topological polar surface area (TPSA) is 44.7 Å². The van der Waals surface area contributed by atoms with E-state index in [0.29, 0.717) is 12.3 Å². The molecule has 0 bridgehead atoms. The Kier molecular flexibility index (Phi) is 8.58. The van der Waals surface area contributed by atoms with Crippen molar-refractivity contribution in [1.82, 2.24) is 10.2 Å². The van der Waals surface area contributed by atoms with Crippen molar-refractivity contribution in [3.63, 3.8) is 0 Å². The molecule has 0 aliphatic carbocycles. The molecular formula is C20H26IN3OS. The lowest BCUT2D eigenvalue weighted by molar-refractivity contribution is 0.379. The van der Waals surface area contributed by atoms with Crippen molar-refractivity contribution in [1.29, 1.82) is 0 Å². The van der Waals surface area contributed by atoms with Crippen molar-refractivity contribution >= 4 is 40.7 Å². The van der Waals surface area contributed by atoms with Gasteiger partial charge in [-0.2, -0.15) is 0 Å². The average Bonchev–Trinajstić information content (AvgIpc) is 2.67. The highest BCUT2D eigenvalue weighted by Crippen LogP contribution is 2.18. The molecule has 2 aromatic carbocycles. The number of hydrogen-bond donors (Lipinski definition) is 1. The van der Waals surface area contributed by atoms with E-state index in [1.54, 1.807) is 0 Å². The van der Waals surface area contributed by atoms with Crippen LogP contribution in [0.4, 0.5) is 0 Å². The van der Waals surface area contributed by atoms with E-state index >= 15 is 0 Å². The standard InChI is InChI=1S/C20H25N3OS.HI/c1-2-21-20(22-13-15-25(24)19-10-4-3-5-11-19)23-14-12-17-8-6-7-9-18(17)16-23;/h3-11H,2,12-16H2,1H3,(H,21,22);1H. The van der Waals surface area contributed by atoms with Crippen LogP contribution in [-0.4, -0.2) is 40.5 Å². The number of benzene rings is 2. The van der Waals surface area contributed by atoms with Crippen molar-refractivity contribution in [3.05, 3.63) is 65.7 Å². The summed E-state index contributed by atoms with van der Waals surface area (Å²) in [5.74, 6) is 1.46. The summed E-state index contributed by atoms with van der Waals surface area (Å²) in [6.07, 6.45) is 1.04. The highest BCUT2D eigenvalue weighted by Gasteiger charge is 2.18. The molecule has 4 nitrogen and oxygen atoms in total. The minimum absolute atomic E-state index is 0. The van der Waals surface area contributed by atoms with Gasteiger partial charge in [0.2, 0.25) is 0 Å². The molecule has 0 saturated carbocycles. The molecule has 1 aliphatic heterocycles. The number of guanidine groups is 1. The Hall–Kier alpha value is -1.41. The summed E-state index contributed by atoms with van der Waals surface area (Å²) in [5, 5.41) is 3.37. The van der Waals surface area contributed by atoms with Crippen LogP contribution < -0.4 is 5.32 Å². The average molecular weight is 483 g/mol. The largest absolute Gasteiger partial charge is 0.357 e. The van der Waals surface area contributed by atoms with Gasteiger partial charge in [0.25, 0.3) is 0 Å². The van der Waals surface area contributed by atoms with Crippen molar-refractivity contribution in [3.8, 4) is 0 Å². The number of nitrogens with zero attached hydrogens (tertiary/aromatic N) is 2. The van der Waals surface area contributed by atoms with Crippen LogP contribution in [0.15, 0.2) is 64.5 Å². The summed E-state index contributed by atoms with van der Waals surface area (Å²) in [4.78, 5) is 7.87. The molecule has 1 atom stereocenters. The maximum Gasteiger partial charge on any atom is 0.194 e. The predicted molar refractivity (Wildman–Crippen MR) is 120 cm³/mol. The summed E-state index contributed by atoms with van der Waals surface area (Å²) in [5.41, 5.74) is 2.80. The minimum Gasteiger partial charge on any atom is -0.357 e. The summed E-state index contributed by atoms with van der Waals surface area (Å²) in [6.45, 7) is 5.31. The molecule has 2 aromatic rings. The van der Waals surface area contributed by atoms with E-state index in [4.69, 9.17) is 4.99 Å². The van der Waals surface area contributed by atoms with E-state index in [0.717, 1.165) is 36.9 Å². The normalized spacial score (nSPS) is 15.0. The molecule has 0 spiro atoms. The maximum absolute atomic E-state index is 12.3. The molecule has 26 heavy (non-hydrogen) atoms. The first-order valence-electron chi connectivity index (χ1n) is 8.81. The Morgan fingerprint density at radius 1 is 1.12 bits per heavy atom. The van der Waals surface area contributed by atoms with E-state index in [-0.39, 0.29) is 24.0 Å². The predicted octanol–water partition coefficient (Wildman–Crippen LogP) is 3.44. The van der Waals surface area contributed by atoms with Crippen molar-refractivity contribution in [2.75, 3.05) is 25.4 Å². The number of fused-ring (bicyclic) bond motifs is 1. The van der Waals surface area contributed by atoms with Crippen LogP contribution in [0.5, 0.6) is 0 Å². The zero-order chi connectivity index (χ0) is 17.5. The lowest BCUT2D eigenvalue weighted by Crippen LogP contribution is -2.44. The number of nitrogens with one attached hydrogen (secondary N) is 1. The van der Waals surface area contributed by atoms with Gasteiger partial charge >= 0.3 is 0 Å². The van der Waals surface area contributed by atoms with Gasteiger partial charge in [0.05, 0.1) is 17.3 Å². The van der Waals surface area contributed by atoms with Crippen molar-refractivity contribution in [2.24, 2.45) is 4.99 Å². The van der Waals surface area contributed by atoms with E-state index in [1.807, 2.05) is 30.3 Å². The molecule has 1 aliphatic rings. The monoisotopic (exact) mass is 483 g/mol. The molecule has 0 saturated heterocycles. The van der Waals surface area contributed by atoms with E-state index in [1.165, 1.54) is 11.1 Å². The SMILES string of the molecule is CCNC(=NCCS(=O)c1ccccc1)N1CCc2ccccc2C1.I. The molecule has 1 N–H and O–H groups in total. The first-order valence-corrected chi connectivity index (χ1v) is 10.1. The molecular weight excluding hydrogens is 457 g/mol. The third kappa shape index (κ3) is 5.54. The van der Waals surface area contributed by atoms with Gasteiger partial charge in [0, 0.05) is 30.3 Å². The van der Waals surface area contributed by atoms with Gasteiger partial charge in [-0.1, -0.05) is 42.5 Å². The third-order valence-electron chi connectivity index (χ3n) is 4.31. The fraction of sp³-hybridized carbons (Fsp3) is 0.350. The highest BCUT2D eigenvalue weighted by molar-refractivity contribution is 14.0. The van der Waals surface area contributed by atoms with Crippen LogP contribution in [0.25, 0.3) is 0 Å². The summed E-state index contributed by atoms with van der Waals surface area (Å²) in [6, 6.07) is 18.2. The second kappa shape index (κ2) is 10.7. The van der Waals surface area contributed by atoms with Crippen LogP contribution >= 0.6 is 24.0 Å². The molecule has 0 fully saturated rings. The summed E-state index contributed by atoms with van der Waals surface area (Å²) < 4.78 is 12.3. The second-order valence-corrected chi connectivity index (χ2v) is 7.61. The van der Waals surface area contributed by atoms with Crippen LogP contribution in [0, 0.1) is 0 Å². The Bertz CT molecular complexity index is 752. The minimum atomic E-state index is -0.998. The fourth-order valence-corrected chi connectivity index (χ4v) is 3.98. The van der Waals surface area contributed by atoms with Gasteiger partial charge in [-0.25, -0.2) is 0 Å². The highest BCUT2D eigenvalue weighted by atomic mass is 127. The Labute approximate surface area is 175 Å². The molecule has 3 rings (SSSR count). The van der Waals surface area contributed by atoms with Crippen LogP contribution in [0.3, 0.4) is 0 Å². The van der Waals surface area contributed by atoms with Crippen LogP contribution in [-0.2, 0) is 23.8 Å². The number of rotatable bonds is 5. The first-order chi connectivity index (χ1) is 12.3. The lowest BCUT2D eigenvalue weighted by Gasteiger charge is -2.31. The van der Waals surface area contributed by atoms with E-state index < -0.39 is 10.8 Å². The zero-order valence-electron chi connectivity index (χ0n) is 15.1. The quantitative estimate of drug-likeness (QED) is 0.403. The maximum atomic E-state index is 12.3. The molecule has 0 radical (unpaired) electrons. The number of halogens is 1. The van der Waals surface area contributed by atoms with Crippen molar-refractivity contribution < 1.29 is 4.21 Å². The van der Waals surface area contributed by atoms with Gasteiger partial charge in [0.15, 0.2) is 5.96 Å². The Morgan fingerprint density at radius 2 is 1.81 bits per heavy atom. The summed E-state index contributed by atoms with van der Waals surface area (Å²) in [7, 11) is -0.998. The van der Waals surface area contributed by atoms with Gasteiger partial charge in [-0.15, -0.1) is 24.0 Å². The molecule has 0 aromatic heterocycles. The van der Waals surface area contributed by atoms with E-state index in [9.17, 15) is 4.21 Å². The Morgan fingerprint density at radius 3 is 2.54 bits per heavy atom. The van der Waals surface area contributed by atoms with E-state index in [2.05, 4.69) is 41.4 Å². The summed E-state index contributed by atoms with van der Waals surface area (Å²) >= 11 is 0. The van der Waals surface area contributed by atoms with Gasteiger partial charge < -0.3 is 10.2 Å². The van der Waals surface area contributed by atoms with Gasteiger partial charge in [-0.3, -0.25) is 9.20 Å². The molecule has 0 amide bonds. The zero-order valence-corrected chi connectivity index (χ0v) is 18.2. The van der Waals surface area contributed by atoms with Crippen LogP contribution in [0.1, 0.15) is 18.1 Å². The fourth-order valence-electron chi connectivity index (χ4n) is 3.03.